The van der Waals surface area contributed by atoms with E-state index in [4.69, 9.17) is 5.73 Å². The second-order valence-electron chi connectivity index (χ2n) is 6.34. The van der Waals surface area contributed by atoms with Crippen LogP contribution in [0.15, 0.2) is 18.2 Å². The summed E-state index contributed by atoms with van der Waals surface area (Å²) in [6, 6.07) is 4.06. The number of nitrogen functional groups attached to an aromatic ring is 1. The van der Waals surface area contributed by atoms with E-state index in [1.54, 1.807) is 0 Å². The summed E-state index contributed by atoms with van der Waals surface area (Å²) in [6.45, 7) is 5.73. The van der Waals surface area contributed by atoms with Crippen molar-refractivity contribution in [3.63, 3.8) is 0 Å². The van der Waals surface area contributed by atoms with E-state index in [0.717, 1.165) is 19.4 Å². The maximum absolute atomic E-state index is 12.3. The van der Waals surface area contributed by atoms with Crippen LogP contribution in [0.2, 0.25) is 0 Å². The summed E-state index contributed by atoms with van der Waals surface area (Å²) in [4.78, 5) is 22.5. The van der Waals surface area contributed by atoms with Crippen molar-refractivity contribution < 1.29 is 9.72 Å². The molecule has 128 valence electrons. The molecule has 1 heterocycles. The van der Waals surface area contributed by atoms with Crippen LogP contribution in [0.5, 0.6) is 0 Å². The molecule has 4 N–H and O–H groups in total. The van der Waals surface area contributed by atoms with Gasteiger partial charge in [-0.3, -0.25) is 14.9 Å². The van der Waals surface area contributed by atoms with Gasteiger partial charge in [0.15, 0.2) is 0 Å². The summed E-state index contributed by atoms with van der Waals surface area (Å²) in [6.07, 6.45) is 2.22. The Morgan fingerprint density at radius 1 is 1.52 bits per heavy atom. The highest BCUT2D eigenvalue weighted by atomic mass is 35.5. The van der Waals surface area contributed by atoms with E-state index in [9.17, 15) is 14.9 Å². The minimum Gasteiger partial charge on any atom is -0.398 e. The zero-order valence-corrected chi connectivity index (χ0v) is 14.1. The van der Waals surface area contributed by atoms with Gasteiger partial charge in [-0.15, -0.1) is 12.4 Å². The molecule has 1 saturated heterocycles. The monoisotopic (exact) mass is 342 g/mol. The van der Waals surface area contributed by atoms with E-state index in [0.29, 0.717) is 6.54 Å². The van der Waals surface area contributed by atoms with Gasteiger partial charge in [0.05, 0.1) is 10.5 Å². The second-order valence-corrected chi connectivity index (χ2v) is 6.34. The number of nitro benzene ring substituents is 1. The number of nitro groups is 1. The van der Waals surface area contributed by atoms with Crippen molar-refractivity contribution in [2.75, 3.05) is 18.8 Å². The number of non-ortho nitro benzene ring substituents is 1. The Bertz CT molecular complexity index is 592. The Hall–Kier alpha value is -1.86. The molecule has 7 nitrogen and oxygen atoms in total. The van der Waals surface area contributed by atoms with Crippen molar-refractivity contribution in [2.24, 2.45) is 5.41 Å². The van der Waals surface area contributed by atoms with Gasteiger partial charge in [0.2, 0.25) is 0 Å². The van der Waals surface area contributed by atoms with Crippen LogP contribution < -0.4 is 16.4 Å². The molecule has 1 atom stereocenters. The molecule has 23 heavy (non-hydrogen) atoms. The maximum Gasteiger partial charge on any atom is 0.270 e. The predicted octanol–water partition coefficient (Wildman–Crippen LogP) is 2.11. The van der Waals surface area contributed by atoms with Crippen molar-refractivity contribution >= 4 is 29.7 Å². The summed E-state index contributed by atoms with van der Waals surface area (Å²) < 4.78 is 0. The predicted molar refractivity (Wildman–Crippen MR) is 91.9 cm³/mol. The zero-order chi connectivity index (χ0) is 16.3. The quantitative estimate of drug-likeness (QED) is 0.441. The van der Waals surface area contributed by atoms with Gasteiger partial charge in [0, 0.05) is 30.4 Å². The van der Waals surface area contributed by atoms with E-state index in [-0.39, 0.29) is 46.7 Å². The molecule has 1 aliphatic heterocycles. The number of carbonyl (C=O) groups is 1. The lowest BCUT2D eigenvalue weighted by Crippen LogP contribution is -2.52. The van der Waals surface area contributed by atoms with Gasteiger partial charge in [-0.25, -0.2) is 0 Å². The molecule has 1 aromatic rings. The summed E-state index contributed by atoms with van der Waals surface area (Å²) in [5, 5.41) is 17.0. The number of halogens is 1. The molecule has 0 spiro atoms. The van der Waals surface area contributed by atoms with E-state index < -0.39 is 4.92 Å². The summed E-state index contributed by atoms with van der Waals surface area (Å²) in [7, 11) is 0. The van der Waals surface area contributed by atoms with Crippen molar-refractivity contribution in [3.05, 3.63) is 33.9 Å². The van der Waals surface area contributed by atoms with E-state index >= 15 is 0 Å². The SMILES string of the molecule is CC1(C)CCCNC1CNC(=O)c1cc([N+](=O)[O-])ccc1N.Cl. The zero-order valence-electron chi connectivity index (χ0n) is 13.3. The smallest absolute Gasteiger partial charge is 0.270 e. The van der Waals surface area contributed by atoms with Crippen molar-refractivity contribution in [1.82, 2.24) is 10.6 Å². The Morgan fingerprint density at radius 2 is 2.22 bits per heavy atom. The largest absolute Gasteiger partial charge is 0.398 e. The van der Waals surface area contributed by atoms with Crippen LogP contribution in [0, 0.1) is 15.5 Å². The Balaban J connectivity index is 0.00000264. The average molecular weight is 343 g/mol. The Morgan fingerprint density at radius 3 is 2.83 bits per heavy atom. The molecule has 0 radical (unpaired) electrons. The highest BCUT2D eigenvalue weighted by Crippen LogP contribution is 2.29. The molecule has 0 aromatic heterocycles. The average Bonchev–Trinajstić information content (AvgIpc) is 2.45. The number of anilines is 1. The molecule has 2 rings (SSSR count). The highest BCUT2D eigenvalue weighted by molar-refractivity contribution is 5.99. The lowest BCUT2D eigenvalue weighted by molar-refractivity contribution is -0.384. The molecule has 0 aliphatic carbocycles. The number of benzene rings is 1. The molecular formula is C15H23ClN4O3. The fourth-order valence-corrected chi connectivity index (χ4v) is 2.76. The van der Waals surface area contributed by atoms with Crippen LogP contribution in [-0.2, 0) is 0 Å². The summed E-state index contributed by atoms with van der Waals surface area (Å²) in [5.74, 6) is -0.385. The minimum absolute atomic E-state index is 0. The Kier molecular flexibility index (Phi) is 6.35. The van der Waals surface area contributed by atoms with E-state index in [1.807, 2.05) is 0 Å². The molecule has 8 heteroatoms. The molecule has 1 aliphatic rings. The summed E-state index contributed by atoms with van der Waals surface area (Å²) >= 11 is 0. The van der Waals surface area contributed by atoms with Crippen molar-refractivity contribution in [1.29, 1.82) is 0 Å². The standard InChI is InChI=1S/C15H22N4O3.ClH/c1-15(2)6-3-7-17-13(15)9-18-14(20)11-8-10(19(21)22)4-5-12(11)16;/h4-5,8,13,17H,3,6-7,9,16H2,1-2H3,(H,18,20);1H. The number of nitrogens with two attached hydrogens (primary N) is 1. The Labute approximate surface area is 141 Å². The fraction of sp³-hybridized carbons (Fsp3) is 0.533. The van der Waals surface area contributed by atoms with Crippen LogP contribution in [0.3, 0.4) is 0 Å². The molecular weight excluding hydrogens is 320 g/mol. The van der Waals surface area contributed by atoms with E-state index in [2.05, 4.69) is 24.5 Å². The molecule has 1 fully saturated rings. The highest BCUT2D eigenvalue weighted by Gasteiger charge is 2.32. The molecule has 0 bridgehead atoms. The van der Waals surface area contributed by atoms with Crippen molar-refractivity contribution in [3.8, 4) is 0 Å². The lowest BCUT2D eigenvalue weighted by atomic mass is 9.77. The molecule has 0 saturated carbocycles. The van der Waals surface area contributed by atoms with Gasteiger partial charge in [-0.2, -0.15) is 0 Å². The first-order chi connectivity index (χ1) is 10.3. The molecule has 1 unspecified atom stereocenters. The first kappa shape index (κ1) is 19.2. The summed E-state index contributed by atoms with van der Waals surface area (Å²) in [5.41, 5.74) is 6.08. The lowest BCUT2D eigenvalue weighted by Gasteiger charge is -2.39. The number of rotatable bonds is 4. The number of nitrogens with zero attached hydrogens (tertiary/aromatic N) is 1. The first-order valence-electron chi connectivity index (χ1n) is 7.37. The minimum atomic E-state index is -0.540. The van der Waals surface area contributed by atoms with Gasteiger partial charge >= 0.3 is 0 Å². The van der Waals surface area contributed by atoms with Gasteiger partial charge in [-0.1, -0.05) is 13.8 Å². The van der Waals surface area contributed by atoms with Gasteiger partial charge in [0.25, 0.3) is 11.6 Å². The molecule has 1 amide bonds. The third kappa shape index (κ3) is 4.56. The van der Waals surface area contributed by atoms with Crippen molar-refractivity contribution in [2.45, 2.75) is 32.7 Å². The topological polar surface area (TPSA) is 110 Å². The number of amides is 1. The second kappa shape index (κ2) is 7.61. The van der Waals surface area contributed by atoms with Crippen LogP contribution in [0.4, 0.5) is 11.4 Å². The maximum atomic E-state index is 12.3. The van der Waals surface area contributed by atoms with Crippen LogP contribution in [0.25, 0.3) is 0 Å². The number of hydrogen-bond acceptors (Lipinski definition) is 5. The third-order valence-corrected chi connectivity index (χ3v) is 4.29. The normalized spacial score (nSPS) is 19.5. The van der Waals surface area contributed by atoms with E-state index in [1.165, 1.54) is 18.2 Å². The van der Waals surface area contributed by atoms with Gasteiger partial charge in [0.1, 0.15) is 0 Å². The number of piperidine rings is 1. The number of carbonyl (C=O) groups excluding carboxylic acids is 1. The van der Waals surface area contributed by atoms with Crippen LogP contribution in [-0.4, -0.2) is 30.0 Å². The first-order valence-corrected chi connectivity index (χ1v) is 7.37. The van der Waals surface area contributed by atoms with Gasteiger partial charge in [-0.05, 0) is 30.9 Å². The number of nitrogens with one attached hydrogen (secondary N) is 2. The number of hydrogen-bond donors (Lipinski definition) is 3. The molecule has 1 aromatic carbocycles. The third-order valence-electron chi connectivity index (χ3n) is 4.29. The van der Waals surface area contributed by atoms with Crippen LogP contribution in [0.1, 0.15) is 37.0 Å². The van der Waals surface area contributed by atoms with Gasteiger partial charge < -0.3 is 16.4 Å². The fourth-order valence-electron chi connectivity index (χ4n) is 2.76. The van der Waals surface area contributed by atoms with Crippen LogP contribution >= 0.6 is 12.4 Å².